The van der Waals surface area contributed by atoms with Gasteiger partial charge in [-0.05, 0) is 30.2 Å². The van der Waals surface area contributed by atoms with Gasteiger partial charge in [0, 0.05) is 39.8 Å². The van der Waals surface area contributed by atoms with E-state index in [1.165, 1.54) is 44.1 Å². The van der Waals surface area contributed by atoms with E-state index in [4.69, 9.17) is 9.84 Å². The van der Waals surface area contributed by atoms with Crippen molar-refractivity contribution in [2.45, 2.75) is 26.1 Å². The lowest BCUT2D eigenvalue weighted by atomic mass is 9.98. The first-order valence-corrected chi connectivity index (χ1v) is 13.8. The van der Waals surface area contributed by atoms with Crippen LogP contribution in [0.5, 0.6) is 0 Å². The van der Waals surface area contributed by atoms with Crippen LogP contribution in [-0.2, 0) is 34.2 Å². The third-order valence-electron chi connectivity index (χ3n) is 6.91. The van der Waals surface area contributed by atoms with E-state index in [2.05, 4.69) is 9.97 Å². The fourth-order valence-electron chi connectivity index (χ4n) is 4.66. The van der Waals surface area contributed by atoms with Gasteiger partial charge < -0.3 is 14.7 Å². The van der Waals surface area contributed by atoms with Crippen molar-refractivity contribution in [1.82, 2.24) is 27.9 Å². The zero-order valence-electron chi connectivity index (χ0n) is 22.1. The number of alkyl halides is 3. The number of fused-ring (bicyclic) bond motifs is 1. The van der Waals surface area contributed by atoms with Gasteiger partial charge in [0.25, 0.3) is 0 Å². The number of anilines is 1. The van der Waals surface area contributed by atoms with Crippen LogP contribution in [0.1, 0.15) is 28.1 Å². The van der Waals surface area contributed by atoms with Gasteiger partial charge in [-0.25, -0.2) is 18.5 Å². The summed E-state index contributed by atoms with van der Waals surface area (Å²) in [6, 6.07) is 5.73. The van der Waals surface area contributed by atoms with E-state index < -0.39 is 28.6 Å². The van der Waals surface area contributed by atoms with E-state index in [0.29, 0.717) is 54.6 Å². The molecule has 214 valence electrons. The van der Waals surface area contributed by atoms with Crippen molar-refractivity contribution < 1.29 is 31.4 Å². The Hall–Kier alpha value is -3.53. The zero-order chi connectivity index (χ0) is 28.8. The van der Waals surface area contributed by atoms with Gasteiger partial charge >= 0.3 is 16.4 Å². The molecule has 1 saturated heterocycles. The molecular weight excluding hydrogens is 551 g/mol. The predicted octanol–water partition coefficient (Wildman–Crippen LogP) is 2.49. The molecule has 4 heterocycles. The molecule has 0 unspecified atom stereocenters. The van der Waals surface area contributed by atoms with Crippen LogP contribution in [0.25, 0.3) is 16.9 Å². The lowest BCUT2D eigenvalue weighted by Gasteiger charge is -2.28. The molecule has 3 aromatic heterocycles. The van der Waals surface area contributed by atoms with Crippen molar-refractivity contribution in [2.24, 2.45) is 0 Å². The number of benzene rings is 1. The lowest BCUT2D eigenvalue weighted by Crippen LogP contribution is -2.37. The molecule has 0 radical (unpaired) electrons. The van der Waals surface area contributed by atoms with Crippen molar-refractivity contribution in [1.29, 1.82) is 0 Å². The summed E-state index contributed by atoms with van der Waals surface area (Å²) in [4.78, 5) is 10.9. The highest BCUT2D eigenvalue weighted by Gasteiger charge is 2.33. The summed E-state index contributed by atoms with van der Waals surface area (Å²) in [5.41, 5.74) is 1.43. The highest BCUT2D eigenvalue weighted by atomic mass is 32.2. The molecule has 0 atom stereocenters. The number of aromatic nitrogens is 5. The SMILES string of the molecule is Cc1c(Cc2c(CO)nc3c(-c4cn(S(=O)(=O)N(C)C)cn4)cc(N4CCOCC4)nn23)cccc1C(F)(F)F. The maximum Gasteiger partial charge on any atom is 0.416 e. The molecule has 0 spiro atoms. The van der Waals surface area contributed by atoms with Crippen molar-refractivity contribution in [2.75, 3.05) is 45.3 Å². The number of ether oxygens (including phenoxy) is 1. The van der Waals surface area contributed by atoms with Gasteiger partial charge in [0.2, 0.25) is 0 Å². The molecule has 1 aromatic carbocycles. The molecule has 1 N–H and O–H groups in total. The van der Waals surface area contributed by atoms with Crippen LogP contribution in [0.2, 0.25) is 0 Å². The molecular formula is C25H28F3N7O4S. The van der Waals surface area contributed by atoms with Crippen LogP contribution >= 0.6 is 0 Å². The number of morpholine rings is 1. The molecule has 0 amide bonds. The molecule has 0 bridgehead atoms. The standard InChI is InChI=1S/C25H28F3N7O4S/c1-16-17(5-4-6-19(16)25(26,27)28)11-22-21(14-36)30-24-18(20-13-34(15-29-20)40(37,38)32(2)3)12-23(31-35(22)24)33-7-9-39-10-8-33/h4-6,12-13,15,36H,7-11,14H2,1-3H3. The normalized spacial score (nSPS) is 14.9. The van der Waals surface area contributed by atoms with Gasteiger partial charge in [-0.1, -0.05) is 12.1 Å². The minimum Gasteiger partial charge on any atom is -0.390 e. The summed E-state index contributed by atoms with van der Waals surface area (Å²) in [6.45, 7) is 2.98. The third kappa shape index (κ3) is 5.05. The molecule has 1 aliphatic heterocycles. The van der Waals surface area contributed by atoms with Gasteiger partial charge in [-0.2, -0.15) is 25.9 Å². The van der Waals surface area contributed by atoms with E-state index in [9.17, 15) is 26.7 Å². The Morgan fingerprint density at radius 3 is 2.55 bits per heavy atom. The summed E-state index contributed by atoms with van der Waals surface area (Å²) in [5, 5.41) is 15.0. The van der Waals surface area contributed by atoms with Gasteiger partial charge in [-0.15, -0.1) is 5.10 Å². The van der Waals surface area contributed by atoms with Crippen molar-refractivity contribution in [3.05, 3.63) is 64.9 Å². The summed E-state index contributed by atoms with van der Waals surface area (Å²) in [6.07, 6.45) is -1.95. The summed E-state index contributed by atoms with van der Waals surface area (Å²) >= 11 is 0. The number of nitrogens with zero attached hydrogens (tertiary/aromatic N) is 7. The first kappa shape index (κ1) is 28.0. The first-order chi connectivity index (χ1) is 18.9. The average Bonchev–Trinajstić information content (AvgIpc) is 3.55. The maximum atomic E-state index is 13.6. The fourth-order valence-corrected chi connectivity index (χ4v) is 5.43. The lowest BCUT2D eigenvalue weighted by molar-refractivity contribution is -0.138. The van der Waals surface area contributed by atoms with Crippen molar-refractivity contribution in [3.63, 3.8) is 0 Å². The van der Waals surface area contributed by atoms with Crippen LogP contribution in [0.15, 0.2) is 36.8 Å². The number of aliphatic hydroxyl groups excluding tert-OH is 1. The van der Waals surface area contributed by atoms with Crippen LogP contribution < -0.4 is 4.90 Å². The van der Waals surface area contributed by atoms with E-state index in [1.807, 2.05) is 4.90 Å². The summed E-state index contributed by atoms with van der Waals surface area (Å²) < 4.78 is 75.1. The highest BCUT2D eigenvalue weighted by molar-refractivity contribution is 7.87. The summed E-state index contributed by atoms with van der Waals surface area (Å²) in [5.74, 6) is 0.528. The monoisotopic (exact) mass is 579 g/mol. The molecule has 15 heteroatoms. The highest BCUT2D eigenvalue weighted by Crippen LogP contribution is 2.35. The Balaban J connectivity index is 1.70. The number of hydrogen-bond acceptors (Lipinski definition) is 8. The quantitative estimate of drug-likeness (QED) is 0.355. The Bertz CT molecular complexity index is 1660. The second-order valence-electron chi connectivity index (χ2n) is 9.56. The van der Waals surface area contributed by atoms with Crippen LogP contribution in [0.4, 0.5) is 19.0 Å². The smallest absolute Gasteiger partial charge is 0.390 e. The molecule has 0 saturated carbocycles. The molecule has 1 fully saturated rings. The number of imidazole rings is 2. The topological polar surface area (TPSA) is 118 Å². The van der Waals surface area contributed by atoms with Crippen molar-refractivity contribution >= 4 is 21.7 Å². The average molecular weight is 580 g/mol. The number of rotatable bonds is 7. The molecule has 5 rings (SSSR count). The summed E-state index contributed by atoms with van der Waals surface area (Å²) in [7, 11) is -1.03. The van der Waals surface area contributed by atoms with Gasteiger partial charge in [0.05, 0.1) is 48.0 Å². The van der Waals surface area contributed by atoms with Crippen LogP contribution in [-0.4, -0.2) is 81.8 Å². The van der Waals surface area contributed by atoms with Gasteiger partial charge in [0.1, 0.15) is 6.33 Å². The number of hydrogen-bond donors (Lipinski definition) is 1. The zero-order valence-corrected chi connectivity index (χ0v) is 22.9. The minimum absolute atomic E-state index is 0.0231. The second kappa shape index (κ2) is 10.5. The van der Waals surface area contributed by atoms with Crippen LogP contribution in [0, 0.1) is 6.92 Å². The molecule has 4 aromatic rings. The fraction of sp³-hybridized carbons (Fsp3) is 0.400. The largest absolute Gasteiger partial charge is 0.416 e. The maximum absolute atomic E-state index is 13.6. The van der Waals surface area contributed by atoms with E-state index in [1.54, 1.807) is 12.1 Å². The Labute approximate surface area is 228 Å². The van der Waals surface area contributed by atoms with E-state index in [0.717, 1.165) is 14.3 Å². The van der Waals surface area contributed by atoms with Crippen molar-refractivity contribution in [3.8, 4) is 11.3 Å². The Kier molecular flexibility index (Phi) is 7.33. The second-order valence-corrected chi connectivity index (χ2v) is 11.6. The van der Waals surface area contributed by atoms with E-state index >= 15 is 0 Å². The predicted molar refractivity (Wildman–Crippen MR) is 140 cm³/mol. The molecule has 0 aliphatic carbocycles. The minimum atomic E-state index is -4.51. The molecule has 40 heavy (non-hydrogen) atoms. The van der Waals surface area contributed by atoms with Crippen LogP contribution in [0.3, 0.4) is 0 Å². The number of aliphatic hydroxyl groups is 1. The first-order valence-electron chi connectivity index (χ1n) is 12.4. The van der Waals surface area contributed by atoms with Gasteiger partial charge in [-0.3, -0.25) is 0 Å². The Morgan fingerprint density at radius 1 is 1.18 bits per heavy atom. The third-order valence-corrected chi connectivity index (χ3v) is 8.56. The Morgan fingerprint density at radius 2 is 1.90 bits per heavy atom. The molecule has 11 nitrogen and oxygen atoms in total. The van der Waals surface area contributed by atoms with Gasteiger partial charge in [0.15, 0.2) is 11.5 Å². The number of halogens is 3. The van der Waals surface area contributed by atoms with E-state index in [-0.39, 0.29) is 23.3 Å². The molecule has 1 aliphatic rings.